The second-order valence-electron chi connectivity index (χ2n) is 4.15. The molecule has 0 amide bonds. The van der Waals surface area contributed by atoms with Gasteiger partial charge in [0.2, 0.25) is 8.32 Å². The highest BCUT2D eigenvalue weighted by Crippen LogP contribution is 2.29. The van der Waals surface area contributed by atoms with Crippen molar-refractivity contribution in [3.63, 3.8) is 0 Å². The van der Waals surface area contributed by atoms with Gasteiger partial charge in [0.1, 0.15) is 5.22 Å². The highest BCUT2D eigenvalue weighted by molar-refractivity contribution is 6.75. The lowest BCUT2D eigenvalue weighted by molar-refractivity contribution is -0.145. The smallest absolute Gasteiger partial charge is 0.330 e. The summed E-state index contributed by atoms with van der Waals surface area (Å²) in [4.78, 5) is 11.2. The van der Waals surface area contributed by atoms with Crippen LogP contribution in [-0.4, -0.2) is 26.1 Å². The molecule has 0 aromatic carbocycles. The Morgan fingerprint density at radius 2 is 2.00 bits per heavy atom. The van der Waals surface area contributed by atoms with Crippen molar-refractivity contribution in [3.05, 3.63) is 12.7 Å². The predicted octanol–water partition coefficient (Wildman–Crippen LogP) is 2.67. The molecule has 0 aliphatic carbocycles. The van der Waals surface area contributed by atoms with E-state index in [1.54, 1.807) is 0 Å². The van der Waals surface area contributed by atoms with E-state index in [9.17, 15) is 4.79 Å². The summed E-state index contributed by atoms with van der Waals surface area (Å²) in [7, 11) is -2.02. The highest BCUT2D eigenvalue weighted by Gasteiger charge is 2.46. The van der Waals surface area contributed by atoms with Crippen LogP contribution in [0.3, 0.4) is 0 Å². The van der Waals surface area contributed by atoms with E-state index < -0.39 is 13.5 Å². The fourth-order valence-electron chi connectivity index (χ4n) is 1.42. The quantitative estimate of drug-likeness (QED) is 0.400. The van der Waals surface area contributed by atoms with Gasteiger partial charge in [0, 0.05) is 12.7 Å². The van der Waals surface area contributed by atoms with Crippen molar-refractivity contribution in [3.8, 4) is 0 Å². The summed E-state index contributed by atoms with van der Waals surface area (Å²) in [5.74, 6) is -0.383. The molecule has 0 bridgehead atoms. The van der Waals surface area contributed by atoms with Crippen LogP contribution in [0.5, 0.6) is 0 Å². The Bertz CT molecular complexity index is 238. The second-order valence-corrected chi connectivity index (χ2v) is 8.81. The molecule has 0 aromatic rings. The van der Waals surface area contributed by atoms with Gasteiger partial charge in [0.25, 0.3) is 0 Å². The van der Waals surface area contributed by atoms with E-state index >= 15 is 0 Å². The van der Waals surface area contributed by atoms with E-state index in [-0.39, 0.29) is 5.97 Å². The highest BCUT2D eigenvalue weighted by atomic mass is 28.4. The van der Waals surface area contributed by atoms with Crippen LogP contribution < -0.4 is 0 Å². The Hall–Kier alpha value is -0.613. The van der Waals surface area contributed by atoms with Crippen molar-refractivity contribution >= 4 is 14.3 Å². The zero-order valence-electron chi connectivity index (χ0n) is 10.4. The molecule has 15 heavy (non-hydrogen) atoms. The maximum atomic E-state index is 11.2. The summed E-state index contributed by atoms with van der Waals surface area (Å²) in [6.45, 7) is 14.0. The Balaban J connectivity index is 4.78. The molecule has 0 aliphatic rings. The molecule has 0 N–H and O–H groups in total. The molecule has 0 radical (unpaired) electrons. The molecule has 3 nitrogen and oxygen atoms in total. The van der Waals surface area contributed by atoms with Gasteiger partial charge in [-0.1, -0.05) is 13.5 Å². The minimum Gasteiger partial charge on any atom is -0.457 e. The number of hydrogen-bond acceptors (Lipinski definition) is 3. The lowest BCUT2D eigenvalue weighted by Crippen LogP contribution is -2.56. The lowest BCUT2D eigenvalue weighted by atomic mass is 10.4. The number of esters is 1. The summed E-state index contributed by atoms with van der Waals surface area (Å²) in [5.41, 5.74) is 0. The average Bonchev–Trinajstić information content (AvgIpc) is 2.17. The Labute approximate surface area is 93.6 Å². The molecule has 4 heteroatoms. The van der Waals surface area contributed by atoms with Crippen molar-refractivity contribution in [2.24, 2.45) is 0 Å². The third kappa shape index (κ3) is 3.46. The van der Waals surface area contributed by atoms with Gasteiger partial charge >= 0.3 is 5.97 Å². The molecule has 0 aliphatic heterocycles. The fourth-order valence-corrected chi connectivity index (χ4v) is 3.78. The molecule has 0 saturated carbocycles. The molecular formula is C11H22O3Si. The SMILES string of the molecule is C=CC(=O)OC(C)(C)[Si](C)(CC)OCC. The second kappa shape index (κ2) is 5.46. The molecule has 0 fully saturated rings. The van der Waals surface area contributed by atoms with Crippen LogP contribution in [0.1, 0.15) is 27.7 Å². The van der Waals surface area contributed by atoms with Gasteiger partial charge < -0.3 is 9.16 Å². The zero-order valence-corrected chi connectivity index (χ0v) is 11.4. The first-order valence-corrected chi connectivity index (χ1v) is 7.94. The average molecular weight is 230 g/mol. The minimum atomic E-state index is -2.02. The van der Waals surface area contributed by atoms with Crippen LogP contribution in [0.2, 0.25) is 12.6 Å². The minimum absolute atomic E-state index is 0.383. The van der Waals surface area contributed by atoms with Gasteiger partial charge in [-0.05, 0) is 33.4 Å². The monoisotopic (exact) mass is 230 g/mol. The van der Waals surface area contributed by atoms with Crippen LogP contribution in [0, 0.1) is 0 Å². The zero-order chi connectivity index (χ0) is 12.1. The maximum Gasteiger partial charge on any atom is 0.330 e. The molecule has 1 atom stereocenters. The maximum absolute atomic E-state index is 11.2. The van der Waals surface area contributed by atoms with Crippen molar-refractivity contribution in [2.75, 3.05) is 6.61 Å². The largest absolute Gasteiger partial charge is 0.457 e. The molecule has 0 aromatic heterocycles. The Kier molecular flexibility index (Phi) is 5.24. The van der Waals surface area contributed by atoms with Gasteiger partial charge in [-0.25, -0.2) is 4.79 Å². The van der Waals surface area contributed by atoms with Gasteiger partial charge in [0.05, 0.1) is 0 Å². The van der Waals surface area contributed by atoms with Crippen LogP contribution >= 0.6 is 0 Å². The van der Waals surface area contributed by atoms with E-state index in [0.29, 0.717) is 6.61 Å². The number of ether oxygens (including phenoxy) is 1. The number of rotatable bonds is 6. The van der Waals surface area contributed by atoms with Crippen molar-refractivity contribution in [2.45, 2.75) is 45.5 Å². The van der Waals surface area contributed by atoms with Gasteiger partial charge in [-0.15, -0.1) is 0 Å². The lowest BCUT2D eigenvalue weighted by Gasteiger charge is -2.40. The molecular weight excluding hydrogens is 208 g/mol. The molecule has 1 unspecified atom stereocenters. The van der Waals surface area contributed by atoms with Gasteiger partial charge in [-0.2, -0.15) is 0 Å². The third-order valence-corrected chi connectivity index (χ3v) is 7.86. The van der Waals surface area contributed by atoms with Crippen LogP contribution in [-0.2, 0) is 14.0 Å². The Morgan fingerprint density at radius 1 is 1.47 bits per heavy atom. The molecule has 0 saturated heterocycles. The molecule has 88 valence electrons. The summed E-state index contributed by atoms with van der Waals surface area (Å²) in [6.07, 6.45) is 1.19. The summed E-state index contributed by atoms with van der Waals surface area (Å²) < 4.78 is 11.2. The summed E-state index contributed by atoms with van der Waals surface area (Å²) >= 11 is 0. The van der Waals surface area contributed by atoms with Gasteiger partial charge in [-0.3, -0.25) is 0 Å². The number of carbonyl (C=O) groups excluding carboxylic acids is 1. The number of carbonyl (C=O) groups is 1. The first-order valence-electron chi connectivity index (χ1n) is 5.32. The van der Waals surface area contributed by atoms with Crippen LogP contribution in [0.15, 0.2) is 12.7 Å². The standard InChI is InChI=1S/C11H22O3Si/c1-7-10(12)14-11(4,5)15(6,9-3)13-8-2/h7H,1,8-9H2,2-6H3. The van der Waals surface area contributed by atoms with Crippen molar-refractivity contribution < 1.29 is 14.0 Å². The summed E-state index contributed by atoms with van der Waals surface area (Å²) in [6, 6.07) is 0.915. The first kappa shape index (κ1) is 14.4. The first-order chi connectivity index (χ1) is 6.83. The molecule has 0 heterocycles. The fraction of sp³-hybridized carbons (Fsp3) is 0.727. The molecule has 0 spiro atoms. The summed E-state index contributed by atoms with van der Waals surface area (Å²) in [5, 5.41) is -0.525. The van der Waals surface area contributed by atoms with E-state index in [1.165, 1.54) is 6.08 Å². The van der Waals surface area contributed by atoms with Crippen molar-refractivity contribution in [1.82, 2.24) is 0 Å². The Morgan fingerprint density at radius 3 is 2.33 bits per heavy atom. The van der Waals surface area contributed by atoms with E-state index in [2.05, 4.69) is 20.0 Å². The predicted molar refractivity (Wildman–Crippen MR) is 64.1 cm³/mol. The van der Waals surface area contributed by atoms with E-state index in [4.69, 9.17) is 9.16 Å². The van der Waals surface area contributed by atoms with Crippen LogP contribution in [0.25, 0.3) is 0 Å². The molecule has 0 rings (SSSR count). The van der Waals surface area contributed by atoms with Crippen molar-refractivity contribution in [1.29, 1.82) is 0 Å². The topological polar surface area (TPSA) is 35.5 Å². The normalized spacial score (nSPS) is 15.5. The third-order valence-electron chi connectivity index (χ3n) is 2.93. The number of hydrogen-bond donors (Lipinski definition) is 0. The van der Waals surface area contributed by atoms with E-state index in [0.717, 1.165) is 6.04 Å². The van der Waals surface area contributed by atoms with E-state index in [1.807, 2.05) is 20.8 Å². The van der Waals surface area contributed by atoms with Gasteiger partial charge in [0.15, 0.2) is 0 Å². The van der Waals surface area contributed by atoms with Crippen LogP contribution in [0.4, 0.5) is 0 Å².